The number of methoxy groups -OCH3 is 1. The number of ether oxygens (including phenoxy) is 1. The smallest absolute Gasteiger partial charge is 0.341 e. The molecule has 1 aromatic rings. The summed E-state index contributed by atoms with van der Waals surface area (Å²) in [5.74, 6) is -0.389. The lowest BCUT2D eigenvalue weighted by molar-refractivity contribution is -0.117. The van der Waals surface area contributed by atoms with E-state index < -0.39 is 0 Å². The van der Waals surface area contributed by atoms with Crippen LogP contribution in [0.15, 0.2) is 0 Å². The Kier molecular flexibility index (Phi) is 6.09. The van der Waals surface area contributed by atoms with Crippen LogP contribution < -0.4 is 5.32 Å². The van der Waals surface area contributed by atoms with Gasteiger partial charge in [-0.15, -0.1) is 11.3 Å². The summed E-state index contributed by atoms with van der Waals surface area (Å²) < 4.78 is 4.99. The summed E-state index contributed by atoms with van der Waals surface area (Å²) in [6, 6.07) is 0. The summed E-state index contributed by atoms with van der Waals surface area (Å²) in [6.07, 6.45) is 5.29. The number of carbonyl (C=O) groups is 2. The minimum Gasteiger partial charge on any atom is -0.465 e. The molecule has 1 aliphatic heterocycles. The summed E-state index contributed by atoms with van der Waals surface area (Å²) in [7, 11) is 3.50. The first-order valence-corrected chi connectivity index (χ1v) is 9.83. The number of carbonyl (C=O) groups excluding carboxylic acids is 2. The number of hydrogen-bond donors (Lipinski definition) is 1. The van der Waals surface area contributed by atoms with Crippen LogP contribution in [0.5, 0.6) is 0 Å². The molecule has 2 aliphatic rings. The van der Waals surface area contributed by atoms with E-state index in [9.17, 15) is 9.59 Å². The highest BCUT2D eigenvalue weighted by molar-refractivity contribution is 7.17. The molecule has 1 aliphatic carbocycles. The number of hydrogen-bond acceptors (Lipinski definition) is 6. The molecule has 0 bridgehead atoms. The predicted octanol–water partition coefficient (Wildman–Crippen LogP) is 1.99. The van der Waals surface area contributed by atoms with Gasteiger partial charge in [-0.1, -0.05) is 6.42 Å². The van der Waals surface area contributed by atoms with Crippen molar-refractivity contribution in [3.05, 3.63) is 16.0 Å². The molecule has 25 heavy (non-hydrogen) atoms. The van der Waals surface area contributed by atoms with Crippen molar-refractivity contribution in [1.82, 2.24) is 9.80 Å². The number of fused-ring (bicyclic) bond motifs is 1. The van der Waals surface area contributed by atoms with E-state index in [0.717, 1.165) is 57.4 Å². The minimum absolute atomic E-state index is 0.0499. The maximum Gasteiger partial charge on any atom is 0.341 e. The number of rotatable bonds is 4. The Hall–Kier alpha value is -1.44. The maximum atomic E-state index is 12.5. The Morgan fingerprint density at radius 3 is 2.56 bits per heavy atom. The summed E-state index contributed by atoms with van der Waals surface area (Å²) in [5.41, 5.74) is 1.67. The van der Waals surface area contributed by atoms with Gasteiger partial charge in [0.15, 0.2) is 0 Å². The molecule has 3 rings (SSSR count). The Morgan fingerprint density at radius 2 is 1.84 bits per heavy atom. The zero-order valence-corrected chi connectivity index (χ0v) is 15.9. The van der Waals surface area contributed by atoms with Crippen LogP contribution in [0.1, 0.15) is 40.1 Å². The molecule has 1 fully saturated rings. The van der Waals surface area contributed by atoms with Crippen molar-refractivity contribution in [2.24, 2.45) is 0 Å². The van der Waals surface area contributed by atoms with Crippen LogP contribution in [-0.2, 0) is 22.4 Å². The molecule has 1 amide bonds. The second kappa shape index (κ2) is 8.29. The molecule has 2 heterocycles. The maximum absolute atomic E-state index is 12.5. The van der Waals surface area contributed by atoms with Gasteiger partial charge in [0, 0.05) is 31.1 Å². The summed E-state index contributed by atoms with van der Waals surface area (Å²) in [6.45, 7) is 4.13. The lowest BCUT2D eigenvalue weighted by atomic mass is 10.1. The molecule has 1 saturated heterocycles. The van der Waals surface area contributed by atoms with Crippen molar-refractivity contribution < 1.29 is 14.3 Å². The van der Waals surface area contributed by atoms with Gasteiger partial charge < -0.3 is 15.0 Å². The highest BCUT2D eigenvalue weighted by Crippen LogP contribution is 2.37. The van der Waals surface area contributed by atoms with Crippen molar-refractivity contribution in [1.29, 1.82) is 0 Å². The SMILES string of the molecule is COC(=O)c1c(NC(=O)CN2CCN(C)CC2)sc2c1CCCCC2. The Bertz CT molecular complexity index is 636. The van der Waals surface area contributed by atoms with Gasteiger partial charge in [0.05, 0.1) is 19.2 Å². The molecule has 0 spiro atoms. The average Bonchev–Trinajstić information content (AvgIpc) is 2.77. The summed E-state index contributed by atoms with van der Waals surface area (Å²) in [4.78, 5) is 30.5. The number of aryl methyl sites for hydroxylation is 1. The number of likely N-dealkylation sites (N-methyl/N-ethyl adjacent to an activating group) is 1. The van der Waals surface area contributed by atoms with Crippen LogP contribution in [0.2, 0.25) is 0 Å². The Balaban J connectivity index is 1.72. The van der Waals surface area contributed by atoms with E-state index in [0.29, 0.717) is 17.1 Å². The third-order valence-corrected chi connectivity index (χ3v) is 6.23. The molecule has 138 valence electrons. The van der Waals surface area contributed by atoms with Crippen LogP contribution in [0.25, 0.3) is 0 Å². The molecule has 0 atom stereocenters. The standard InChI is InChI=1S/C18H27N3O3S/c1-20-8-10-21(11-9-20)12-15(22)19-17-16(18(23)24-2)13-6-4-3-5-7-14(13)25-17/h3-12H2,1-2H3,(H,19,22). The Morgan fingerprint density at radius 1 is 1.12 bits per heavy atom. The van der Waals surface area contributed by atoms with E-state index >= 15 is 0 Å². The predicted molar refractivity (Wildman–Crippen MR) is 99.5 cm³/mol. The number of amides is 1. The normalized spacial score (nSPS) is 19.1. The van der Waals surface area contributed by atoms with E-state index in [4.69, 9.17) is 4.74 Å². The number of thiophene rings is 1. The molecule has 7 heteroatoms. The fraction of sp³-hybridized carbons (Fsp3) is 0.667. The number of anilines is 1. The first-order chi connectivity index (χ1) is 12.1. The van der Waals surface area contributed by atoms with Gasteiger partial charge in [-0.05, 0) is 38.3 Å². The van der Waals surface area contributed by atoms with Gasteiger partial charge in [-0.25, -0.2) is 4.79 Å². The van der Waals surface area contributed by atoms with Crippen molar-refractivity contribution >= 4 is 28.2 Å². The molecule has 0 aromatic carbocycles. The van der Waals surface area contributed by atoms with Crippen LogP contribution in [0, 0.1) is 0 Å². The second-order valence-corrected chi connectivity index (χ2v) is 7.99. The monoisotopic (exact) mass is 365 g/mol. The fourth-order valence-electron chi connectivity index (χ4n) is 3.52. The van der Waals surface area contributed by atoms with E-state index in [2.05, 4.69) is 22.2 Å². The lowest BCUT2D eigenvalue weighted by Crippen LogP contribution is -2.47. The van der Waals surface area contributed by atoms with Crippen LogP contribution in [0.3, 0.4) is 0 Å². The minimum atomic E-state index is -0.339. The van der Waals surface area contributed by atoms with Gasteiger partial charge in [-0.3, -0.25) is 9.69 Å². The van der Waals surface area contributed by atoms with Gasteiger partial charge in [0.2, 0.25) is 5.91 Å². The van der Waals surface area contributed by atoms with Gasteiger partial charge in [-0.2, -0.15) is 0 Å². The fourth-order valence-corrected chi connectivity index (χ4v) is 4.82. The van der Waals surface area contributed by atoms with Crippen molar-refractivity contribution in [2.45, 2.75) is 32.1 Å². The topological polar surface area (TPSA) is 61.9 Å². The molecule has 1 aromatic heterocycles. The van der Waals surface area contributed by atoms with Gasteiger partial charge >= 0.3 is 5.97 Å². The van der Waals surface area contributed by atoms with E-state index in [1.165, 1.54) is 18.4 Å². The Labute approximate surface area is 153 Å². The van der Waals surface area contributed by atoms with Crippen molar-refractivity contribution in [2.75, 3.05) is 52.2 Å². The number of nitrogens with zero attached hydrogens (tertiary/aromatic N) is 2. The molecule has 0 saturated carbocycles. The summed E-state index contributed by atoms with van der Waals surface area (Å²) >= 11 is 1.55. The molecular formula is C18H27N3O3S. The van der Waals surface area contributed by atoms with Crippen LogP contribution >= 0.6 is 11.3 Å². The number of nitrogens with one attached hydrogen (secondary N) is 1. The largest absolute Gasteiger partial charge is 0.465 e. The molecule has 6 nitrogen and oxygen atoms in total. The highest BCUT2D eigenvalue weighted by atomic mass is 32.1. The van der Waals surface area contributed by atoms with E-state index in [-0.39, 0.29) is 11.9 Å². The average molecular weight is 365 g/mol. The zero-order valence-electron chi connectivity index (χ0n) is 15.1. The number of esters is 1. The van der Waals surface area contributed by atoms with Crippen LogP contribution in [0.4, 0.5) is 5.00 Å². The third kappa shape index (κ3) is 4.40. The molecule has 0 radical (unpaired) electrons. The quantitative estimate of drug-likeness (QED) is 0.653. The van der Waals surface area contributed by atoms with Crippen molar-refractivity contribution in [3.63, 3.8) is 0 Å². The number of piperazine rings is 1. The zero-order chi connectivity index (χ0) is 17.8. The van der Waals surface area contributed by atoms with Gasteiger partial charge in [0.25, 0.3) is 0 Å². The molecule has 1 N–H and O–H groups in total. The van der Waals surface area contributed by atoms with Crippen LogP contribution in [-0.4, -0.2) is 68.6 Å². The molecular weight excluding hydrogens is 338 g/mol. The first kappa shape index (κ1) is 18.4. The lowest BCUT2D eigenvalue weighted by Gasteiger charge is -2.31. The third-order valence-electron chi connectivity index (χ3n) is 5.03. The van der Waals surface area contributed by atoms with E-state index in [1.807, 2.05) is 0 Å². The van der Waals surface area contributed by atoms with E-state index in [1.54, 1.807) is 11.3 Å². The van der Waals surface area contributed by atoms with Gasteiger partial charge in [0.1, 0.15) is 5.00 Å². The highest BCUT2D eigenvalue weighted by Gasteiger charge is 2.26. The summed E-state index contributed by atoms with van der Waals surface area (Å²) in [5, 5.41) is 3.65. The first-order valence-electron chi connectivity index (χ1n) is 9.02. The molecule has 0 unspecified atom stereocenters. The second-order valence-electron chi connectivity index (χ2n) is 6.89. The van der Waals surface area contributed by atoms with Crippen molar-refractivity contribution in [3.8, 4) is 0 Å².